The lowest BCUT2D eigenvalue weighted by Gasteiger charge is -2.04. The van der Waals surface area contributed by atoms with E-state index in [1.165, 1.54) is 6.07 Å². The van der Waals surface area contributed by atoms with E-state index in [9.17, 15) is 13.2 Å². The first-order valence-electron chi connectivity index (χ1n) is 8.35. The normalized spacial score (nSPS) is 11.5. The van der Waals surface area contributed by atoms with Crippen LogP contribution in [0.25, 0.3) is 22.2 Å². The maximum absolute atomic E-state index is 12.5. The molecule has 4 aromatic rings. The standard InChI is InChI=1S/C20H15N3O4S/c1-28(25,26)17-9-5-4-8-16(17)19-22-23-20(27-19)21-18(24)15-11-10-13-6-2-3-7-14(13)12-15/h2-12H,1H3,(H,21,23,24). The highest BCUT2D eigenvalue weighted by Crippen LogP contribution is 2.27. The van der Waals surface area contributed by atoms with Gasteiger partial charge < -0.3 is 4.42 Å². The Labute approximate surface area is 160 Å². The molecule has 28 heavy (non-hydrogen) atoms. The maximum atomic E-state index is 12.5. The zero-order valence-corrected chi connectivity index (χ0v) is 15.6. The Morgan fingerprint density at radius 3 is 2.43 bits per heavy atom. The average molecular weight is 393 g/mol. The van der Waals surface area contributed by atoms with Crippen LogP contribution >= 0.6 is 0 Å². The molecule has 7 nitrogen and oxygen atoms in total. The summed E-state index contributed by atoms with van der Waals surface area (Å²) < 4.78 is 29.4. The van der Waals surface area contributed by atoms with E-state index in [1.807, 2.05) is 30.3 Å². The highest BCUT2D eigenvalue weighted by molar-refractivity contribution is 7.90. The van der Waals surface area contributed by atoms with Gasteiger partial charge in [-0.3, -0.25) is 10.1 Å². The average Bonchev–Trinajstić information content (AvgIpc) is 3.15. The lowest BCUT2D eigenvalue weighted by atomic mass is 10.1. The van der Waals surface area contributed by atoms with Gasteiger partial charge >= 0.3 is 6.01 Å². The summed E-state index contributed by atoms with van der Waals surface area (Å²) in [4.78, 5) is 12.6. The van der Waals surface area contributed by atoms with E-state index in [1.54, 1.807) is 30.3 Å². The minimum absolute atomic E-state index is 0.00911. The molecule has 1 amide bonds. The SMILES string of the molecule is CS(=O)(=O)c1ccccc1-c1nnc(NC(=O)c2ccc3ccccc3c2)o1. The van der Waals surface area contributed by atoms with E-state index >= 15 is 0 Å². The fourth-order valence-electron chi connectivity index (χ4n) is 2.85. The summed E-state index contributed by atoms with van der Waals surface area (Å²) in [6.45, 7) is 0. The molecule has 0 unspecified atom stereocenters. The molecule has 0 aliphatic carbocycles. The monoisotopic (exact) mass is 393 g/mol. The van der Waals surface area contributed by atoms with Crippen molar-refractivity contribution in [1.29, 1.82) is 0 Å². The van der Waals surface area contributed by atoms with Crippen molar-refractivity contribution in [2.75, 3.05) is 11.6 Å². The number of anilines is 1. The Kier molecular flexibility index (Phi) is 4.40. The van der Waals surface area contributed by atoms with E-state index in [0.29, 0.717) is 5.56 Å². The number of carbonyl (C=O) groups is 1. The number of nitrogens with one attached hydrogen (secondary N) is 1. The van der Waals surface area contributed by atoms with Crippen LogP contribution in [-0.4, -0.2) is 30.8 Å². The zero-order valence-electron chi connectivity index (χ0n) is 14.8. The van der Waals surface area contributed by atoms with Crippen molar-refractivity contribution in [2.45, 2.75) is 4.90 Å². The third-order valence-corrected chi connectivity index (χ3v) is 5.33. The molecule has 4 rings (SSSR count). The number of sulfone groups is 1. The van der Waals surface area contributed by atoms with Gasteiger partial charge in [-0.2, -0.15) is 0 Å². The van der Waals surface area contributed by atoms with Crippen LogP contribution < -0.4 is 5.32 Å². The molecule has 1 aromatic heterocycles. The minimum atomic E-state index is -3.47. The summed E-state index contributed by atoms with van der Waals surface area (Å²) in [5.74, 6) is -0.396. The second-order valence-corrected chi connectivity index (χ2v) is 8.18. The van der Waals surface area contributed by atoms with E-state index in [-0.39, 0.29) is 22.4 Å². The molecule has 140 valence electrons. The number of fused-ring (bicyclic) bond motifs is 1. The number of hydrogen-bond acceptors (Lipinski definition) is 6. The van der Waals surface area contributed by atoms with Crippen LogP contribution in [0.4, 0.5) is 6.01 Å². The molecule has 0 aliphatic heterocycles. The third-order valence-electron chi connectivity index (χ3n) is 4.17. The van der Waals surface area contributed by atoms with Gasteiger partial charge in [-0.1, -0.05) is 47.6 Å². The molecule has 8 heteroatoms. The molecule has 0 fully saturated rings. The molecule has 0 atom stereocenters. The molecule has 1 N–H and O–H groups in total. The van der Waals surface area contributed by atoms with Crippen molar-refractivity contribution < 1.29 is 17.6 Å². The molecular formula is C20H15N3O4S. The van der Waals surface area contributed by atoms with Gasteiger partial charge in [-0.15, -0.1) is 5.10 Å². The summed E-state index contributed by atoms with van der Waals surface area (Å²) in [5, 5.41) is 12.2. The third kappa shape index (κ3) is 3.49. The van der Waals surface area contributed by atoms with E-state index < -0.39 is 15.7 Å². The van der Waals surface area contributed by atoms with Crippen LogP contribution in [-0.2, 0) is 9.84 Å². The summed E-state index contributed by atoms with van der Waals surface area (Å²) in [6.07, 6.45) is 1.10. The summed E-state index contributed by atoms with van der Waals surface area (Å²) >= 11 is 0. The van der Waals surface area contributed by atoms with Crippen LogP contribution in [0.15, 0.2) is 76.0 Å². The molecule has 0 saturated heterocycles. The van der Waals surface area contributed by atoms with Crippen molar-refractivity contribution in [2.24, 2.45) is 0 Å². The van der Waals surface area contributed by atoms with Crippen molar-refractivity contribution in [3.8, 4) is 11.5 Å². The Balaban J connectivity index is 1.61. The second-order valence-electron chi connectivity index (χ2n) is 6.20. The number of benzene rings is 3. The van der Waals surface area contributed by atoms with Gasteiger partial charge in [0.25, 0.3) is 11.8 Å². The van der Waals surface area contributed by atoms with Gasteiger partial charge in [0.1, 0.15) is 0 Å². The smallest absolute Gasteiger partial charge is 0.322 e. The Morgan fingerprint density at radius 2 is 1.64 bits per heavy atom. The van der Waals surface area contributed by atoms with E-state index in [4.69, 9.17) is 4.42 Å². The van der Waals surface area contributed by atoms with Gasteiger partial charge in [-0.05, 0) is 35.0 Å². The predicted molar refractivity (Wildman–Crippen MR) is 105 cm³/mol. The van der Waals surface area contributed by atoms with Gasteiger partial charge in [0, 0.05) is 11.8 Å². The molecule has 0 spiro atoms. The van der Waals surface area contributed by atoms with E-state index in [0.717, 1.165) is 17.0 Å². The van der Waals surface area contributed by atoms with Gasteiger partial charge in [0.05, 0.1) is 10.5 Å². The quantitative estimate of drug-likeness (QED) is 0.569. The lowest BCUT2D eigenvalue weighted by Crippen LogP contribution is -2.12. The molecule has 0 radical (unpaired) electrons. The highest BCUT2D eigenvalue weighted by atomic mass is 32.2. The Bertz CT molecular complexity index is 1300. The Hall–Kier alpha value is -3.52. The molecule has 0 aliphatic rings. The van der Waals surface area contributed by atoms with Gasteiger partial charge in [0.2, 0.25) is 0 Å². The molecule has 1 heterocycles. The summed E-state index contributed by atoms with van der Waals surface area (Å²) in [6, 6.07) is 19.2. The number of nitrogens with zero attached hydrogens (tertiary/aromatic N) is 2. The van der Waals surface area contributed by atoms with Crippen molar-refractivity contribution >= 4 is 32.5 Å². The zero-order chi connectivity index (χ0) is 19.7. The summed E-state index contributed by atoms with van der Waals surface area (Å²) in [5.41, 5.74) is 0.721. The van der Waals surface area contributed by atoms with Gasteiger partial charge in [0.15, 0.2) is 9.84 Å². The fourth-order valence-corrected chi connectivity index (χ4v) is 3.73. The van der Waals surface area contributed by atoms with Crippen molar-refractivity contribution in [1.82, 2.24) is 10.2 Å². The van der Waals surface area contributed by atoms with Crippen LogP contribution in [0.2, 0.25) is 0 Å². The topological polar surface area (TPSA) is 102 Å². The number of hydrogen-bond donors (Lipinski definition) is 1. The first-order chi connectivity index (χ1) is 13.4. The number of rotatable bonds is 4. The van der Waals surface area contributed by atoms with Crippen molar-refractivity contribution in [3.63, 3.8) is 0 Å². The maximum Gasteiger partial charge on any atom is 0.322 e. The number of aromatic nitrogens is 2. The van der Waals surface area contributed by atoms with E-state index in [2.05, 4.69) is 15.5 Å². The number of carbonyl (C=O) groups excluding carboxylic acids is 1. The first-order valence-corrected chi connectivity index (χ1v) is 10.2. The van der Waals surface area contributed by atoms with Crippen molar-refractivity contribution in [3.05, 3.63) is 72.3 Å². The van der Waals surface area contributed by atoms with Crippen LogP contribution in [0.1, 0.15) is 10.4 Å². The number of amides is 1. The van der Waals surface area contributed by atoms with Crippen LogP contribution in [0.3, 0.4) is 0 Å². The molecule has 3 aromatic carbocycles. The van der Waals surface area contributed by atoms with Gasteiger partial charge in [-0.25, -0.2) is 8.42 Å². The molecule has 0 saturated carbocycles. The lowest BCUT2D eigenvalue weighted by molar-refractivity contribution is 0.102. The predicted octanol–water partition coefficient (Wildman–Crippen LogP) is 3.55. The summed E-state index contributed by atoms with van der Waals surface area (Å²) in [7, 11) is -3.47. The fraction of sp³-hybridized carbons (Fsp3) is 0.0500. The highest BCUT2D eigenvalue weighted by Gasteiger charge is 2.19. The second kappa shape index (κ2) is 6.90. The molecule has 0 bridgehead atoms. The minimum Gasteiger partial charge on any atom is -0.403 e. The van der Waals surface area contributed by atoms with Crippen LogP contribution in [0.5, 0.6) is 0 Å². The Morgan fingerprint density at radius 1 is 0.929 bits per heavy atom. The molecular weight excluding hydrogens is 378 g/mol. The van der Waals surface area contributed by atoms with Crippen LogP contribution in [0, 0.1) is 0 Å². The first kappa shape index (κ1) is 17.9. The largest absolute Gasteiger partial charge is 0.403 e.